The normalized spacial score (nSPS) is 22.9. The monoisotopic (exact) mass is 903 g/mol. The number of allylic oxidation sites excluding steroid dienone is 1. The predicted octanol–water partition coefficient (Wildman–Crippen LogP) is 1.16. The Bertz CT molecular complexity index is 1940. The number of rotatable bonds is 13. The molecule has 7 amide bonds. The minimum atomic E-state index is -1.67. The Morgan fingerprint density at radius 2 is 1.59 bits per heavy atom. The number of esters is 2. The zero-order valence-corrected chi connectivity index (χ0v) is 37.0. The summed E-state index contributed by atoms with van der Waals surface area (Å²) in [5.74, 6) is -8.69. The molecule has 0 saturated carbocycles. The number of hydrogen-bond donors (Lipinski definition) is 4. The number of unbranched alkanes of at least 4 members (excludes halogenated alkanes) is 2. The summed E-state index contributed by atoms with van der Waals surface area (Å²) in [5, 5.41) is 9.80. The van der Waals surface area contributed by atoms with Crippen LogP contribution >= 0.6 is 0 Å². The van der Waals surface area contributed by atoms with Crippen molar-refractivity contribution in [2.75, 3.05) is 39.9 Å². The molecule has 0 unspecified atom stereocenters. The first-order valence-electron chi connectivity index (χ1n) is 21.4. The zero-order valence-electron chi connectivity index (χ0n) is 37.0. The van der Waals surface area contributed by atoms with E-state index in [1.165, 1.54) is 24.9 Å². The van der Waals surface area contributed by atoms with Crippen LogP contribution in [0.1, 0.15) is 85.1 Å². The molecule has 0 aliphatic carbocycles. The van der Waals surface area contributed by atoms with E-state index in [9.17, 15) is 51.9 Å². The Kier molecular flexibility index (Phi) is 18.1. The Morgan fingerprint density at radius 3 is 2.23 bits per heavy atom. The van der Waals surface area contributed by atoms with E-state index in [0.717, 1.165) is 34.8 Å². The summed E-state index contributed by atoms with van der Waals surface area (Å²) >= 11 is 0. The highest BCUT2D eigenvalue weighted by Gasteiger charge is 2.44. The molecule has 21 heteroatoms. The van der Waals surface area contributed by atoms with Gasteiger partial charge in [-0.2, -0.15) is 0 Å². The van der Waals surface area contributed by atoms with Crippen molar-refractivity contribution in [2.24, 2.45) is 0 Å². The van der Waals surface area contributed by atoms with Gasteiger partial charge in [-0.3, -0.25) is 33.6 Å². The largest absolute Gasteiger partial charge is 0.462 e. The summed E-state index contributed by atoms with van der Waals surface area (Å²) in [6.07, 6.45) is 4.63. The van der Waals surface area contributed by atoms with Gasteiger partial charge in [0, 0.05) is 32.6 Å². The van der Waals surface area contributed by atoms with Gasteiger partial charge in [-0.25, -0.2) is 18.4 Å². The van der Waals surface area contributed by atoms with Crippen LogP contribution in [-0.2, 0) is 59.0 Å². The lowest BCUT2D eigenvalue weighted by atomic mass is 10.0. The highest BCUT2D eigenvalue weighted by Crippen LogP contribution is 2.24. The number of hydrogen-bond acceptors (Lipinski definition) is 12. The van der Waals surface area contributed by atoms with Gasteiger partial charge in [-0.05, 0) is 83.6 Å². The van der Waals surface area contributed by atoms with E-state index in [4.69, 9.17) is 14.2 Å². The molecule has 0 aromatic heterocycles. The molecule has 4 rings (SSSR count). The SMILES string of the molecule is CCCCC=CC(=O)N[C@@H](Cc1cc(F)cc(F)c1)C(=O)N[C@H]1COC(=O)[C@@H]2CCCN2C(=O)[C@H](COC(=O)CNC(=O)OC(C)(C)C)NC(=O)[C@H](C)N(C)C(=O)[C@@H]2CCCN2C1=O. The molecular weight excluding hydrogens is 845 g/mol. The number of halogens is 2. The third-order valence-electron chi connectivity index (χ3n) is 10.7. The summed E-state index contributed by atoms with van der Waals surface area (Å²) in [4.78, 5) is 125. The Hall–Kier alpha value is -6.15. The fourth-order valence-electron chi connectivity index (χ4n) is 7.33. The van der Waals surface area contributed by atoms with Gasteiger partial charge in [-0.15, -0.1) is 0 Å². The van der Waals surface area contributed by atoms with Crippen molar-refractivity contribution in [1.82, 2.24) is 36.0 Å². The molecule has 0 bridgehead atoms. The number of carbonyl (C=O) groups is 9. The Labute approximate surface area is 370 Å². The van der Waals surface area contributed by atoms with Gasteiger partial charge in [0.1, 0.15) is 73.2 Å². The molecule has 3 fully saturated rings. The maximum atomic E-state index is 14.4. The van der Waals surface area contributed by atoms with E-state index in [1.807, 2.05) is 6.92 Å². The molecule has 3 aliphatic rings. The molecule has 3 saturated heterocycles. The van der Waals surface area contributed by atoms with Crippen LogP contribution in [0.25, 0.3) is 0 Å². The molecule has 0 radical (unpaired) electrons. The second-order valence-electron chi connectivity index (χ2n) is 16.9. The fraction of sp³-hybridized carbons (Fsp3) is 0.605. The van der Waals surface area contributed by atoms with E-state index in [1.54, 1.807) is 26.8 Å². The van der Waals surface area contributed by atoms with Gasteiger partial charge in [0.05, 0.1) is 0 Å². The summed E-state index contributed by atoms with van der Waals surface area (Å²) < 4.78 is 44.5. The Morgan fingerprint density at radius 1 is 0.953 bits per heavy atom. The smallest absolute Gasteiger partial charge is 0.408 e. The van der Waals surface area contributed by atoms with Crippen LogP contribution in [-0.4, -0.2) is 150 Å². The molecule has 1 aromatic rings. The topological polar surface area (TPSA) is 239 Å². The first-order valence-corrected chi connectivity index (χ1v) is 21.4. The van der Waals surface area contributed by atoms with Crippen molar-refractivity contribution in [3.63, 3.8) is 0 Å². The van der Waals surface area contributed by atoms with Crippen molar-refractivity contribution in [3.05, 3.63) is 47.5 Å². The molecular formula is C43H59F2N7O12. The minimum Gasteiger partial charge on any atom is -0.462 e. The highest BCUT2D eigenvalue weighted by molar-refractivity contribution is 5.98. The molecule has 4 N–H and O–H groups in total. The molecule has 3 heterocycles. The summed E-state index contributed by atoms with van der Waals surface area (Å²) in [6.45, 7) is 6.11. The summed E-state index contributed by atoms with van der Waals surface area (Å²) in [7, 11) is 1.33. The maximum absolute atomic E-state index is 14.4. The van der Waals surface area contributed by atoms with Crippen molar-refractivity contribution in [2.45, 2.75) is 128 Å². The number of nitrogens with zero attached hydrogens (tertiary/aromatic N) is 3. The molecule has 64 heavy (non-hydrogen) atoms. The van der Waals surface area contributed by atoms with Gasteiger partial charge in [-0.1, -0.05) is 25.8 Å². The molecule has 352 valence electrons. The van der Waals surface area contributed by atoms with E-state index in [-0.39, 0.29) is 31.5 Å². The molecule has 0 spiro atoms. The predicted molar refractivity (Wildman–Crippen MR) is 222 cm³/mol. The molecule has 6 atom stereocenters. The summed E-state index contributed by atoms with van der Waals surface area (Å²) in [5.41, 5.74) is -0.846. The second-order valence-corrected chi connectivity index (χ2v) is 16.9. The fourth-order valence-corrected chi connectivity index (χ4v) is 7.33. The van der Waals surface area contributed by atoms with Crippen LogP contribution in [0.4, 0.5) is 13.6 Å². The van der Waals surface area contributed by atoms with Gasteiger partial charge >= 0.3 is 18.0 Å². The standard InChI is InChI=1S/C43H59F2N7O12/c1-7-8-9-10-15-34(53)47-29(20-26-18-27(44)21-28(45)19-26)37(56)49-31-24-63-41(60)33-14-12-17-52(33)39(58)30(23-62-35(54)22-46-42(61)64-43(3,4)5)48-36(55)25(2)50(6)40(59)32-13-11-16-51(32)38(31)57/h10,15,18-19,21,25,29-33H,7-9,11-14,16-17,20,22-24H2,1-6H3,(H,46,61)(H,47,53)(H,48,55)(H,49,56)/t25-,29-,30-,31-,32-,33-/m0/s1. The van der Waals surface area contributed by atoms with Gasteiger partial charge in [0.2, 0.25) is 35.4 Å². The number of fused-ring (bicyclic) bond motifs is 2. The maximum Gasteiger partial charge on any atom is 0.408 e. The lowest BCUT2D eigenvalue weighted by Crippen LogP contribution is -2.61. The van der Waals surface area contributed by atoms with Gasteiger partial charge < -0.3 is 50.2 Å². The number of amides is 7. The number of cyclic esters (lactones) is 1. The average Bonchev–Trinajstić information content (AvgIpc) is 3.93. The van der Waals surface area contributed by atoms with E-state index < -0.39 is 133 Å². The van der Waals surface area contributed by atoms with Crippen LogP contribution in [0.3, 0.4) is 0 Å². The van der Waals surface area contributed by atoms with Crippen molar-refractivity contribution in [1.29, 1.82) is 0 Å². The van der Waals surface area contributed by atoms with Crippen LogP contribution in [0.5, 0.6) is 0 Å². The third kappa shape index (κ3) is 14.4. The average molecular weight is 904 g/mol. The van der Waals surface area contributed by atoms with E-state index in [0.29, 0.717) is 25.3 Å². The first kappa shape index (κ1) is 50.5. The van der Waals surface area contributed by atoms with Crippen LogP contribution in [0, 0.1) is 11.6 Å². The lowest BCUT2D eigenvalue weighted by molar-refractivity contribution is -0.159. The summed E-state index contributed by atoms with van der Waals surface area (Å²) in [6, 6.07) is -5.77. The quantitative estimate of drug-likeness (QED) is 0.0945. The van der Waals surface area contributed by atoms with Gasteiger partial charge in [0.25, 0.3) is 0 Å². The van der Waals surface area contributed by atoms with E-state index >= 15 is 0 Å². The Balaban J connectivity index is 1.63. The van der Waals surface area contributed by atoms with E-state index in [2.05, 4.69) is 21.3 Å². The minimum absolute atomic E-state index is 0.00610. The molecule has 19 nitrogen and oxygen atoms in total. The number of carbonyl (C=O) groups excluding carboxylic acids is 9. The molecule has 1 aromatic carbocycles. The van der Waals surface area contributed by atoms with Crippen LogP contribution in [0.2, 0.25) is 0 Å². The number of nitrogens with one attached hydrogen (secondary N) is 4. The van der Waals surface area contributed by atoms with Crippen molar-refractivity contribution in [3.8, 4) is 0 Å². The number of benzene rings is 1. The third-order valence-corrected chi connectivity index (χ3v) is 10.7. The second kappa shape index (κ2) is 23.0. The number of alkyl carbamates (subject to hydrolysis) is 1. The zero-order chi connectivity index (χ0) is 47.3. The number of ether oxygens (including phenoxy) is 3. The first-order chi connectivity index (χ1) is 30.2. The highest BCUT2D eigenvalue weighted by atomic mass is 19.1. The van der Waals surface area contributed by atoms with Crippen molar-refractivity contribution >= 4 is 53.5 Å². The van der Waals surface area contributed by atoms with Crippen molar-refractivity contribution < 1.29 is 66.1 Å². The number of likely N-dealkylation sites (N-methyl/N-ethyl adjacent to an activating group) is 1. The lowest BCUT2D eigenvalue weighted by Gasteiger charge is -2.34. The van der Waals surface area contributed by atoms with Crippen LogP contribution < -0.4 is 21.3 Å². The van der Waals surface area contributed by atoms with Gasteiger partial charge in [0.15, 0.2) is 0 Å². The van der Waals surface area contributed by atoms with Crippen LogP contribution in [0.15, 0.2) is 30.4 Å². The molecule has 3 aliphatic heterocycles.